The van der Waals surface area contributed by atoms with Gasteiger partial charge < -0.3 is 15.3 Å². The number of hydrogen-bond acceptors (Lipinski definition) is 5. The van der Waals surface area contributed by atoms with Crippen LogP contribution in [0.1, 0.15) is 36.1 Å². The first-order chi connectivity index (χ1) is 14.5. The average molecular weight is 428 g/mol. The molecule has 0 N–H and O–H groups in total. The van der Waals surface area contributed by atoms with E-state index >= 15 is 0 Å². The second-order valence-corrected chi connectivity index (χ2v) is 6.83. The summed E-state index contributed by atoms with van der Waals surface area (Å²) in [6, 6.07) is 21.5. The summed E-state index contributed by atoms with van der Waals surface area (Å²) in [4.78, 5) is 8.77. The van der Waals surface area contributed by atoms with Crippen molar-refractivity contribution in [3.63, 3.8) is 0 Å². The summed E-state index contributed by atoms with van der Waals surface area (Å²) in [6.07, 6.45) is 2.80. The summed E-state index contributed by atoms with van der Waals surface area (Å²) < 4.78 is 0. The predicted molar refractivity (Wildman–Crippen MR) is 122 cm³/mol. The molecule has 6 heteroatoms. The van der Waals surface area contributed by atoms with Crippen LogP contribution in [0.2, 0.25) is 0 Å². The first-order valence-electron chi connectivity index (χ1n) is 9.71. The standard InChI is InChI=1S/C22H20N2O2.C3H7O.Al/c25-21-11-5-3-9-19(21)15-23-13-17-7-1-2-8-18(17)14-24-16-20-10-4-6-12-22(20)26;1-3(2)4;/h1-12,15-16,25-26H,13-14H2;3H,1-2H3;/q;-1;+3/p-2. The first-order valence-corrected chi connectivity index (χ1v) is 9.71. The minimum absolute atomic E-state index is 0. The van der Waals surface area contributed by atoms with Crippen LogP contribution in [-0.2, 0) is 13.1 Å². The molecular weight excluding hydrogens is 403 g/mol. The van der Waals surface area contributed by atoms with Crippen molar-refractivity contribution in [1.29, 1.82) is 0 Å². The van der Waals surface area contributed by atoms with Gasteiger partial charge in [-0.3, -0.25) is 9.98 Å². The molecule has 5 nitrogen and oxygen atoms in total. The van der Waals surface area contributed by atoms with Crippen LogP contribution in [0.4, 0.5) is 0 Å². The summed E-state index contributed by atoms with van der Waals surface area (Å²) in [5, 5.41) is 32.9. The molecule has 0 radical (unpaired) electrons. The summed E-state index contributed by atoms with van der Waals surface area (Å²) in [6.45, 7) is 4.16. The van der Waals surface area contributed by atoms with Crippen molar-refractivity contribution in [2.45, 2.75) is 33.0 Å². The average Bonchev–Trinajstić information content (AvgIpc) is 2.71. The van der Waals surface area contributed by atoms with Crippen molar-refractivity contribution in [2.75, 3.05) is 0 Å². The maximum absolute atomic E-state index is 11.7. The molecular formula is C25H25AlN2O3. The summed E-state index contributed by atoms with van der Waals surface area (Å²) in [5.41, 5.74) is 3.24. The van der Waals surface area contributed by atoms with Gasteiger partial charge in [0.2, 0.25) is 0 Å². The van der Waals surface area contributed by atoms with Crippen LogP contribution in [0.3, 0.4) is 0 Å². The van der Waals surface area contributed by atoms with Gasteiger partial charge in [-0.05, 0) is 22.3 Å². The van der Waals surface area contributed by atoms with E-state index in [1.165, 1.54) is 12.1 Å². The molecule has 0 saturated carbocycles. The van der Waals surface area contributed by atoms with E-state index in [0.717, 1.165) is 11.1 Å². The molecule has 0 aliphatic heterocycles. The Balaban J connectivity index is 0.000000885. The van der Waals surface area contributed by atoms with Crippen LogP contribution in [0.25, 0.3) is 0 Å². The maximum Gasteiger partial charge on any atom is 3.00 e. The molecule has 156 valence electrons. The first kappa shape index (κ1) is 26.1. The number of para-hydroxylation sites is 2. The van der Waals surface area contributed by atoms with Crippen LogP contribution < -0.4 is 15.3 Å². The van der Waals surface area contributed by atoms with Crippen LogP contribution in [0.5, 0.6) is 11.5 Å². The van der Waals surface area contributed by atoms with Crippen molar-refractivity contribution in [1.82, 2.24) is 0 Å². The fourth-order valence-corrected chi connectivity index (χ4v) is 2.53. The molecule has 0 saturated heterocycles. The van der Waals surface area contributed by atoms with E-state index in [0.29, 0.717) is 24.2 Å². The SMILES string of the molecule is CC(C)[O-].[Al+3].[O-]c1ccccc1C=NCc1ccccc1CN=Cc1ccccc1[O-]. The van der Waals surface area contributed by atoms with Crippen LogP contribution >= 0.6 is 0 Å². The topological polar surface area (TPSA) is 93.9 Å². The van der Waals surface area contributed by atoms with Crippen LogP contribution in [0.15, 0.2) is 82.8 Å². The Hall–Kier alpha value is -2.91. The summed E-state index contributed by atoms with van der Waals surface area (Å²) in [7, 11) is 0. The quantitative estimate of drug-likeness (QED) is 0.446. The Morgan fingerprint density at radius 2 is 1.00 bits per heavy atom. The van der Waals surface area contributed by atoms with Gasteiger partial charge in [-0.15, -0.1) is 17.6 Å². The zero-order chi connectivity index (χ0) is 21.8. The molecule has 0 aliphatic rings. The Morgan fingerprint density at radius 1 is 0.677 bits per heavy atom. The van der Waals surface area contributed by atoms with E-state index in [-0.39, 0.29) is 28.9 Å². The molecule has 0 aliphatic carbocycles. The molecule has 0 bridgehead atoms. The Morgan fingerprint density at radius 3 is 1.35 bits per heavy atom. The zero-order valence-electron chi connectivity index (χ0n) is 17.8. The smallest absolute Gasteiger partial charge is 0.872 e. The molecule has 0 spiro atoms. The number of rotatable bonds is 6. The molecule has 0 aromatic heterocycles. The van der Waals surface area contributed by atoms with Crippen LogP contribution in [0, 0.1) is 0 Å². The van der Waals surface area contributed by atoms with E-state index < -0.39 is 6.10 Å². The Kier molecular flexibility index (Phi) is 11.9. The summed E-state index contributed by atoms with van der Waals surface area (Å²) >= 11 is 0. The monoisotopic (exact) mass is 428 g/mol. The fourth-order valence-electron chi connectivity index (χ4n) is 2.53. The largest absolute Gasteiger partial charge is 3.00 e. The van der Waals surface area contributed by atoms with Crippen LogP contribution in [-0.4, -0.2) is 35.9 Å². The fraction of sp³-hybridized carbons (Fsp3) is 0.200. The van der Waals surface area contributed by atoms with E-state index in [1.54, 1.807) is 50.5 Å². The van der Waals surface area contributed by atoms with Gasteiger partial charge in [0, 0.05) is 12.4 Å². The van der Waals surface area contributed by atoms with Crippen molar-refractivity contribution in [3.8, 4) is 11.5 Å². The molecule has 0 unspecified atom stereocenters. The number of benzene rings is 3. The van der Waals surface area contributed by atoms with Crippen molar-refractivity contribution < 1.29 is 15.3 Å². The van der Waals surface area contributed by atoms with Crippen molar-refractivity contribution >= 4 is 29.8 Å². The van der Waals surface area contributed by atoms with Gasteiger partial charge in [-0.1, -0.05) is 86.6 Å². The zero-order valence-corrected chi connectivity index (χ0v) is 18.9. The molecule has 0 fully saturated rings. The molecule has 0 heterocycles. The Labute approximate surface area is 194 Å². The minimum atomic E-state index is -0.417. The van der Waals surface area contributed by atoms with Crippen molar-refractivity contribution in [3.05, 3.63) is 95.1 Å². The molecule has 3 aromatic carbocycles. The molecule has 31 heavy (non-hydrogen) atoms. The third kappa shape index (κ3) is 9.63. The number of nitrogens with zero attached hydrogens (tertiary/aromatic N) is 2. The molecule has 3 aromatic rings. The van der Waals surface area contributed by atoms with Gasteiger partial charge in [-0.25, -0.2) is 0 Å². The second kappa shape index (κ2) is 14.2. The van der Waals surface area contributed by atoms with Gasteiger partial charge in [0.1, 0.15) is 0 Å². The normalized spacial score (nSPS) is 10.7. The minimum Gasteiger partial charge on any atom is -0.872 e. The van der Waals surface area contributed by atoms with Crippen molar-refractivity contribution in [2.24, 2.45) is 9.98 Å². The van der Waals surface area contributed by atoms with E-state index in [9.17, 15) is 15.3 Å². The second-order valence-electron chi connectivity index (χ2n) is 6.83. The predicted octanol–water partition coefficient (Wildman–Crippen LogP) is 2.45. The number of hydrogen-bond donors (Lipinski definition) is 0. The van der Waals surface area contributed by atoms with E-state index in [4.69, 9.17) is 0 Å². The van der Waals surface area contributed by atoms with Gasteiger partial charge in [0.05, 0.1) is 13.1 Å². The molecule has 0 amide bonds. The van der Waals surface area contributed by atoms with Gasteiger partial charge in [0.15, 0.2) is 0 Å². The van der Waals surface area contributed by atoms with E-state index in [1.807, 2.05) is 36.4 Å². The number of aliphatic imine (C=N–C) groups is 2. The molecule has 3 rings (SSSR count). The van der Waals surface area contributed by atoms with Gasteiger partial charge in [0.25, 0.3) is 0 Å². The van der Waals surface area contributed by atoms with Gasteiger partial charge in [-0.2, -0.15) is 0 Å². The Bertz CT molecular complexity index is 909. The maximum atomic E-state index is 11.7. The molecule has 0 atom stereocenters. The van der Waals surface area contributed by atoms with E-state index in [2.05, 4.69) is 9.98 Å². The summed E-state index contributed by atoms with van der Waals surface area (Å²) in [5.74, 6) is -0.0733. The van der Waals surface area contributed by atoms with Gasteiger partial charge >= 0.3 is 17.4 Å². The third-order valence-electron chi connectivity index (χ3n) is 3.94. The third-order valence-corrected chi connectivity index (χ3v) is 3.94.